The summed E-state index contributed by atoms with van der Waals surface area (Å²) in [5.74, 6) is -0.965. The Kier molecular flexibility index (Phi) is 5.31. The highest BCUT2D eigenvalue weighted by Crippen LogP contribution is 2.17. The summed E-state index contributed by atoms with van der Waals surface area (Å²) < 4.78 is 0. The van der Waals surface area contributed by atoms with Gasteiger partial charge in [-0.1, -0.05) is 13.0 Å². The monoisotopic (exact) mass is 291 g/mol. The lowest BCUT2D eigenvalue weighted by molar-refractivity contribution is 0.0450. The topological polar surface area (TPSA) is 56.7 Å². The van der Waals surface area contributed by atoms with Gasteiger partial charge in [0.2, 0.25) is 0 Å². The lowest BCUT2D eigenvalue weighted by Crippen LogP contribution is -2.54. The number of aromatic carboxylic acids is 1. The van der Waals surface area contributed by atoms with Crippen LogP contribution in [-0.2, 0) is 6.54 Å². The van der Waals surface area contributed by atoms with Crippen molar-refractivity contribution in [1.29, 1.82) is 0 Å². The van der Waals surface area contributed by atoms with Crippen LogP contribution in [0.4, 0.5) is 0 Å². The highest BCUT2D eigenvalue weighted by atomic mass is 16.4. The maximum absolute atomic E-state index is 11.0. The number of nitrogens with zero attached hydrogens (tertiary/aromatic N) is 3. The highest BCUT2D eigenvalue weighted by Gasteiger charge is 2.27. The van der Waals surface area contributed by atoms with Gasteiger partial charge in [-0.3, -0.25) is 9.80 Å². The van der Waals surface area contributed by atoms with Gasteiger partial charge in [0.15, 0.2) is 0 Å². The fraction of sp³-hybridized carbons (Fsp3) is 0.625. The van der Waals surface area contributed by atoms with E-state index < -0.39 is 5.97 Å². The fourth-order valence-corrected chi connectivity index (χ4v) is 3.04. The third kappa shape index (κ3) is 4.02. The van der Waals surface area contributed by atoms with Crippen LogP contribution in [0, 0.1) is 0 Å². The molecule has 0 spiro atoms. The Morgan fingerprint density at radius 1 is 1.43 bits per heavy atom. The van der Waals surface area contributed by atoms with E-state index in [0.29, 0.717) is 12.1 Å². The molecule has 0 bridgehead atoms. The highest BCUT2D eigenvalue weighted by molar-refractivity contribution is 5.85. The second-order valence-electron chi connectivity index (χ2n) is 5.95. The number of piperazine rings is 1. The Bertz CT molecular complexity index is 490. The van der Waals surface area contributed by atoms with Crippen molar-refractivity contribution in [2.45, 2.75) is 45.8 Å². The molecule has 2 heterocycles. The zero-order valence-electron chi connectivity index (χ0n) is 13.1. The Morgan fingerprint density at radius 2 is 2.19 bits per heavy atom. The van der Waals surface area contributed by atoms with Gasteiger partial charge in [-0.15, -0.1) is 0 Å². The minimum atomic E-state index is -0.965. The molecule has 5 nitrogen and oxygen atoms in total. The van der Waals surface area contributed by atoms with Crippen molar-refractivity contribution in [2.75, 3.05) is 19.6 Å². The van der Waals surface area contributed by atoms with Crippen LogP contribution in [0.5, 0.6) is 0 Å². The van der Waals surface area contributed by atoms with Crippen molar-refractivity contribution >= 4 is 5.97 Å². The van der Waals surface area contributed by atoms with E-state index in [1.54, 1.807) is 6.07 Å². The van der Waals surface area contributed by atoms with E-state index in [9.17, 15) is 4.79 Å². The van der Waals surface area contributed by atoms with Crippen LogP contribution >= 0.6 is 0 Å². The first kappa shape index (κ1) is 15.9. The predicted molar refractivity (Wildman–Crippen MR) is 82.4 cm³/mol. The zero-order chi connectivity index (χ0) is 15.4. The van der Waals surface area contributed by atoms with Crippen LogP contribution in [0.3, 0.4) is 0 Å². The number of aromatic nitrogens is 1. The number of hydrogen-bond donors (Lipinski definition) is 1. The van der Waals surface area contributed by atoms with Gasteiger partial charge in [0, 0.05) is 38.3 Å². The van der Waals surface area contributed by atoms with E-state index >= 15 is 0 Å². The Morgan fingerprint density at radius 3 is 2.81 bits per heavy atom. The molecule has 1 aromatic heterocycles. The molecule has 21 heavy (non-hydrogen) atoms. The average Bonchev–Trinajstić information content (AvgIpc) is 2.47. The maximum atomic E-state index is 11.0. The quantitative estimate of drug-likeness (QED) is 0.900. The van der Waals surface area contributed by atoms with E-state index in [1.165, 1.54) is 6.07 Å². The Balaban J connectivity index is 2.01. The predicted octanol–water partition coefficient (Wildman–Crippen LogP) is 2.08. The van der Waals surface area contributed by atoms with Gasteiger partial charge in [-0.25, -0.2) is 9.78 Å². The standard InChI is InChI=1S/C16H25N3O2/c1-4-14-11-18(8-9-19(14)12(2)3)10-13-6-5-7-15(17-13)16(20)21/h5-7,12,14H,4,8-11H2,1-3H3,(H,20,21). The van der Waals surface area contributed by atoms with Crippen molar-refractivity contribution < 1.29 is 9.90 Å². The number of hydrogen-bond acceptors (Lipinski definition) is 4. The molecule has 1 saturated heterocycles. The van der Waals surface area contributed by atoms with Gasteiger partial charge in [-0.2, -0.15) is 0 Å². The van der Waals surface area contributed by atoms with Crippen molar-refractivity contribution in [2.24, 2.45) is 0 Å². The smallest absolute Gasteiger partial charge is 0.354 e. The van der Waals surface area contributed by atoms with E-state index in [1.807, 2.05) is 6.07 Å². The van der Waals surface area contributed by atoms with Crippen LogP contribution < -0.4 is 0 Å². The van der Waals surface area contributed by atoms with Crippen molar-refractivity contribution in [1.82, 2.24) is 14.8 Å². The third-order valence-electron chi connectivity index (χ3n) is 4.16. The van der Waals surface area contributed by atoms with Gasteiger partial charge < -0.3 is 5.11 Å². The molecule has 0 aliphatic carbocycles. The lowest BCUT2D eigenvalue weighted by Gasteiger charge is -2.43. The van der Waals surface area contributed by atoms with Gasteiger partial charge in [-0.05, 0) is 32.4 Å². The van der Waals surface area contributed by atoms with E-state index in [-0.39, 0.29) is 5.69 Å². The molecule has 1 N–H and O–H groups in total. The SMILES string of the molecule is CCC1CN(Cc2cccc(C(=O)O)n2)CCN1C(C)C. The summed E-state index contributed by atoms with van der Waals surface area (Å²) in [6.45, 7) is 10.5. The maximum Gasteiger partial charge on any atom is 0.354 e. The van der Waals surface area contributed by atoms with Gasteiger partial charge in [0.05, 0.1) is 5.69 Å². The number of rotatable bonds is 5. The summed E-state index contributed by atoms with van der Waals surface area (Å²) in [6, 6.07) is 6.36. The molecule has 1 atom stereocenters. The normalized spacial score (nSPS) is 20.9. The van der Waals surface area contributed by atoms with Gasteiger partial charge >= 0.3 is 5.97 Å². The third-order valence-corrected chi connectivity index (χ3v) is 4.16. The molecule has 1 fully saturated rings. The molecule has 116 valence electrons. The molecule has 0 aromatic carbocycles. The fourth-order valence-electron chi connectivity index (χ4n) is 3.04. The second-order valence-corrected chi connectivity index (χ2v) is 5.95. The minimum Gasteiger partial charge on any atom is -0.477 e. The van der Waals surface area contributed by atoms with Crippen LogP contribution in [-0.4, -0.2) is 57.6 Å². The molecule has 5 heteroatoms. The van der Waals surface area contributed by atoms with Crippen molar-refractivity contribution in [3.63, 3.8) is 0 Å². The molecule has 1 unspecified atom stereocenters. The molecule has 0 amide bonds. The summed E-state index contributed by atoms with van der Waals surface area (Å²) in [5, 5.41) is 9.01. The molecule has 0 saturated carbocycles. The summed E-state index contributed by atoms with van der Waals surface area (Å²) in [4.78, 5) is 20.1. The summed E-state index contributed by atoms with van der Waals surface area (Å²) in [5.41, 5.74) is 0.961. The molecule has 1 aromatic rings. The first-order valence-corrected chi connectivity index (χ1v) is 7.68. The Labute approximate surface area is 126 Å². The second kappa shape index (κ2) is 7.00. The summed E-state index contributed by atoms with van der Waals surface area (Å²) in [6.07, 6.45) is 1.14. The molecular formula is C16H25N3O2. The molecule has 1 aliphatic heterocycles. The first-order valence-electron chi connectivity index (χ1n) is 7.68. The average molecular weight is 291 g/mol. The van der Waals surface area contributed by atoms with Crippen molar-refractivity contribution in [3.05, 3.63) is 29.6 Å². The molecular weight excluding hydrogens is 266 g/mol. The van der Waals surface area contributed by atoms with Gasteiger partial charge in [0.25, 0.3) is 0 Å². The number of carboxylic acids is 1. The van der Waals surface area contributed by atoms with E-state index in [0.717, 1.165) is 38.3 Å². The number of carbonyl (C=O) groups is 1. The summed E-state index contributed by atoms with van der Waals surface area (Å²) in [7, 11) is 0. The molecule has 1 aliphatic rings. The number of pyridine rings is 1. The van der Waals surface area contributed by atoms with Gasteiger partial charge in [0.1, 0.15) is 5.69 Å². The van der Waals surface area contributed by atoms with Crippen LogP contribution in [0.25, 0.3) is 0 Å². The van der Waals surface area contributed by atoms with Crippen LogP contribution in [0.1, 0.15) is 43.4 Å². The minimum absolute atomic E-state index is 0.125. The van der Waals surface area contributed by atoms with Crippen molar-refractivity contribution in [3.8, 4) is 0 Å². The zero-order valence-corrected chi connectivity index (χ0v) is 13.1. The lowest BCUT2D eigenvalue weighted by atomic mass is 10.1. The largest absolute Gasteiger partial charge is 0.477 e. The molecule has 2 rings (SSSR count). The van der Waals surface area contributed by atoms with Crippen LogP contribution in [0.15, 0.2) is 18.2 Å². The van der Waals surface area contributed by atoms with Crippen LogP contribution in [0.2, 0.25) is 0 Å². The van der Waals surface area contributed by atoms with E-state index in [2.05, 4.69) is 35.6 Å². The first-order chi connectivity index (χ1) is 10.0. The van der Waals surface area contributed by atoms with E-state index in [4.69, 9.17) is 5.11 Å². The summed E-state index contributed by atoms with van der Waals surface area (Å²) >= 11 is 0. The molecule has 0 radical (unpaired) electrons. The number of carboxylic acid groups (broad SMARTS) is 1. The Hall–Kier alpha value is -1.46.